The minimum absolute atomic E-state index is 0.141. The van der Waals surface area contributed by atoms with Crippen LogP contribution in [-0.4, -0.2) is 57.1 Å². The van der Waals surface area contributed by atoms with Crippen LogP contribution in [0, 0.1) is 11.6 Å². The first-order chi connectivity index (χ1) is 14.7. The Bertz CT molecular complexity index is 1110. The average Bonchev–Trinajstić information content (AvgIpc) is 3.12. The van der Waals surface area contributed by atoms with Crippen molar-refractivity contribution in [2.24, 2.45) is 0 Å². The fraction of sp³-hybridized carbons (Fsp3) is 0.450. The lowest BCUT2D eigenvalue weighted by molar-refractivity contribution is 0.0694. The zero-order valence-electron chi connectivity index (χ0n) is 17.3. The minimum atomic E-state index is -1.35. The molecule has 0 aliphatic carbocycles. The number of hydrogen-bond donors (Lipinski definition) is 3. The van der Waals surface area contributed by atoms with Crippen molar-refractivity contribution in [3.05, 3.63) is 35.7 Å². The standard InChI is InChI=1S/C20H23F3N6O2/c1-20(2,30)18-15(31-3)7-16-25-9-14(29(16)28-18)17-11(22)6-12(23)19(27-17)26-13-8-24-5-4-10(13)21/h6-7,9-10,13,24,30H,4-5,8H2,1-3H3,(H,26,27)/t10-,13-/m0/s1. The summed E-state index contributed by atoms with van der Waals surface area (Å²) in [5, 5.41) is 20.6. The molecule has 0 unspecified atom stereocenters. The van der Waals surface area contributed by atoms with Crippen LogP contribution in [0.2, 0.25) is 0 Å². The largest absolute Gasteiger partial charge is 0.495 e. The van der Waals surface area contributed by atoms with Crippen molar-refractivity contribution < 1.29 is 23.0 Å². The second-order valence-electron chi connectivity index (χ2n) is 7.94. The normalized spacial score (nSPS) is 19.6. The van der Waals surface area contributed by atoms with Gasteiger partial charge in [0.25, 0.3) is 0 Å². The Morgan fingerprint density at radius 1 is 1.29 bits per heavy atom. The highest BCUT2D eigenvalue weighted by atomic mass is 19.1. The number of methoxy groups -OCH3 is 1. The second-order valence-corrected chi connectivity index (χ2v) is 7.94. The molecule has 2 atom stereocenters. The van der Waals surface area contributed by atoms with Crippen LogP contribution in [0.4, 0.5) is 19.0 Å². The summed E-state index contributed by atoms with van der Waals surface area (Å²) in [6, 6.07) is 1.54. The van der Waals surface area contributed by atoms with Gasteiger partial charge in [0.05, 0.1) is 19.3 Å². The van der Waals surface area contributed by atoms with E-state index in [4.69, 9.17) is 4.74 Å². The molecule has 11 heteroatoms. The number of alkyl halides is 1. The second kappa shape index (κ2) is 7.97. The van der Waals surface area contributed by atoms with E-state index < -0.39 is 29.4 Å². The minimum Gasteiger partial charge on any atom is -0.495 e. The van der Waals surface area contributed by atoms with Crippen LogP contribution in [0.3, 0.4) is 0 Å². The number of imidazole rings is 1. The summed E-state index contributed by atoms with van der Waals surface area (Å²) in [7, 11) is 1.43. The van der Waals surface area contributed by atoms with Gasteiger partial charge in [-0.1, -0.05) is 0 Å². The Labute approximate surface area is 176 Å². The van der Waals surface area contributed by atoms with E-state index in [2.05, 4.69) is 25.7 Å². The molecule has 0 radical (unpaired) electrons. The number of pyridine rings is 1. The summed E-state index contributed by atoms with van der Waals surface area (Å²) < 4.78 is 49.8. The number of aromatic nitrogens is 4. The molecular weight excluding hydrogens is 413 g/mol. The van der Waals surface area contributed by atoms with Crippen molar-refractivity contribution in [2.45, 2.75) is 38.1 Å². The number of piperidine rings is 1. The molecule has 1 aliphatic heterocycles. The number of fused-ring (bicyclic) bond motifs is 1. The lowest BCUT2D eigenvalue weighted by Gasteiger charge is -2.28. The van der Waals surface area contributed by atoms with Gasteiger partial charge in [-0.15, -0.1) is 0 Å². The topological polar surface area (TPSA) is 96.6 Å². The van der Waals surface area contributed by atoms with Gasteiger partial charge in [0, 0.05) is 18.7 Å². The van der Waals surface area contributed by atoms with E-state index in [-0.39, 0.29) is 29.3 Å². The fourth-order valence-electron chi connectivity index (χ4n) is 3.53. The molecule has 0 aromatic carbocycles. The summed E-state index contributed by atoms with van der Waals surface area (Å²) in [6.07, 6.45) is 0.435. The third-order valence-corrected chi connectivity index (χ3v) is 5.15. The average molecular weight is 436 g/mol. The van der Waals surface area contributed by atoms with Crippen LogP contribution in [0.15, 0.2) is 18.3 Å². The van der Waals surface area contributed by atoms with Gasteiger partial charge in [0.1, 0.15) is 34.6 Å². The van der Waals surface area contributed by atoms with Crippen LogP contribution in [-0.2, 0) is 5.60 Å². The molecule has 1 saturated heterocycles. The van der Waals surface area contributed by atoms with Gasteiger partial charge in [-0.05, 0) is 26.8 Å². The molecule has 3 N–H and O–H groups in total. The maximum atomic E-state index is 14.7. The van der Waals surface area contributed by atoms with E-state index in [1.54, 1.807) is 6.07 Å². The van der Waals surface area contributed by atoms with Crippen molar-refractivity contribution in [3.8, 4) is 17.1 Å². The first kappa shape index (κ1) is 21.3. The number of rotatable bonds is 5. The fourth-order valence-corrected chi connectivity index (χ4v) is 3.53. The van der Waals surface area contributed by atoms with Crippen molar-refractivity contribution in [2.75, 3.05) is 25.5 Å². The molecule has 3 aromatic rings. The molecule has 8 nitrogen and oxygen atoms in total. The lowest BCUT2D eigenvalue weighted by atomic mass is 10.0. The summed E-state index contributed by atoms with van der Waals surface area (Å²) in [5.41, 5.74) is -0.902. The van der Waals surface area contributed by atoms with Gasteiger partial charge in [0.2, 0.25) is 0 Å². The maximum absolute atomic E-state index is 14.7. The number of halogens is 3. The summed E-state index contributed by atoms with van der Waals surface area (Å²) in [4.78, 5) is 8.27. The van der Waals surface area contributed by atoms with Gasteiger partial charge >= 0.3 is 0 Å². The van der Waals surface area contributed by atoms with Crippen molar-refractivity contribution >= 4 is 11.5 Å². The Balaban J connectivity index is 1.80. The first-order valence-electron chi connectivity index (χ1n) is 9.82. The molecule has 4 heterocycles. The molecule has 1 fully saturated rings. The lowest BCUT2D eigenvalue weighted by Crippen LogP contribution is -2.46. The van der Waals surface area contributed by atoms with Crippen LogP contribution in [0.1, 0.15) is 26.0 Å². The zero-order chi connectivity index (χ0) is 22.3. The summed E-state index contributed by atoms with van der Waals surface area (Å²) in [5.74, 6) is -1.81. The molecular formula is C20H23F3N6O2. The molecule has 0 spiro atoms. The predicted octanol–water partition coefficient (Wildman–Crippen LogP) is 2.42. The summed E-state index contributed by atoms with van der Waals surface area (Å²) in [6.45, 7) is 3.89. The summed E-state index contributed by atoms with van der Waals surface area (Å²) >= 11 is 0. The number of ether oxygens (including phenoxy) is 1. The van der Waals surface area contributed by atoms with Crippen LogP contribution in [0.5, 0.6) is 5.75 Å². The molecule has 1 aliphatic rings. The van der Waals surface area contributed by atoms with Crippen molar-refractivity contribution in [3.63, 3.8) is 0 Å². The highest BCUT2D eigenvalue weighted by molar-refractivity contribution is 5.63. The first-order valence-corrected chi connectivity index (χ1v) is 9.82. The van der Waals surface area contributed by atoms with E-state index in [0.717, 1.165) is 0 Å². The molecule has 0 saturated carbocycles. The number of anilines is 1. The molecule has 4 rings (SSSR count). The van der Waals surface area contributed by atoms with Crippen LogP contribution in [0.25, 0.3) is 17.0 Å². The van der Waals surface area contributed by atoms with Gasteiger partial charge in [-0.3, -0.25) is 0 Å². The Morgan fingerprint density at radius 3 is 2.74 bits per heavy atom. The van der Waals surface area contributed by atoms with E-state index in [0.29, 0.717) is 30.6 Å². The number of nitrogens with zero attached hydrogens (tertiary/aromatic N) is 4. The Morgan fingerprint density at radius 2 is 2.06 bits per heavy atom. The van der Waals surface area contributed by atoms with Crippen LogP contribution < -0.4 is 15.4 Å². The molecule has 3 aromatic heterocycles. The molecule has 166 valence electrons. The van der Waals surface area contributed by atoms with Gasteiger partial charge in [-0.2, -0.15) is 5.10 Å². The van der Waals surface area contributed by atoms with E-state index >= 15 is 0 Å². The Kier molecular flexibility index (Phi) is 5.48. The van der Waals surface area contributed by atoms with Gasteiger partial charge in [-0.25, -0.2) is 27.7 Å². The molecule has 0 bridgehead atoms. The van der Waals surface area contributed by atoms with Gasteiger partial charge < -0.3 is 20.5 Å². The third-order valence-electron chi connectivity index (χ3n) is 5.15. The Hall–Kier alpha value is -2.92. The number of nitrogens with one attached hydrogen (secondary N) is 2. The zero-order valence-corrected chi connectivity index (χ0v) is 17.3. The monoisotopic (exact) mass is 436 g/mol. The van der Waals surface area contributed by atoms with Crippen molar-refractivity contribution in [1.82, 2.24) is 24.9 Å². The number of hydrogen-bond acceptors (Lipinski definition) is 7. The maximum Gasteiger partial charge on any atom is 0.168 e. The van der Waals surface area contributed by atoms with Crippen molar-refractivity contribution in [1.29, 1.82) is 0 Å². The molecule has 31 heavy (non-hydrogen) atoms. The SMILES string of the molecule is COc1cc2ncc(-c3nc(N[C@H]4CNCC[C@@H]4F)c(F)cc3F)n2nc1C(C)(C)O. The quantitative estimate of drug-likeness (QED) is 0.565. The predicted molar refractivity (Wildman–Crippen MR) is 108 cm³/mol. The van der Waals surface area contributed by atoms with E-state index in [1.807, 2.05) is 0 Å². The smallest absolute Gasteiger partial charge is 0.168 e. The third kappa shape index (κ3) is 4.02. The number of aliphatic hydroxyl groups is 1. The van der Waals surface area contributed by atoms with Crippen LogP contribution >= 0.6 is 0 Å². The van der Waals surface area contributed by atoms with E-state index in [1.165, 1.54) is 31.7 Å². The van der Waals surface area contributed by atoms with E-state index in [9.17, 15) is 18.3 Å². The highest BCUT2D eigenvalue weighted by Crippen LogP contribution is 2.31. The molecule has 0 amide bonds. The van der Waals surface area contributed by atoms with Gasteiger partial charge in [0.15, 0.2) is 23.1 Å². The highest BCUT2D eigenvalue weighted by Gasteiger charge is 2.28.